The minimum absolute atomic E-state index is 0.348. The quantitative estimate of drug-likeness (QED) is 0.524. The first-order valence-corrected chi connectivity index (χ1v) is 9.34. The fourth-order valence-corrected chi connectivity index (χ4v) is 3.11. The number of hydrogen-bond acceptors (Lipinski definition) is 3. The molecule has 1 amide bonds. The zero-order valence-electron chi connectivity index (χ0n) is 16.1. The normalized spacial score (nSPS) is 11.8. The Morgan fingerprint density at radius 3 is 2.53 bits per heavy atom. The highest BCUT2D eigenvalue weighted by Gasteiger charge is 2.21. The Morgan fingerprint density at radius 1 is 1.03 bits per heavy atom. The van der Waals surface area contributed by atoms with Crippen molar-refractivity contribution < 1.29 is 13.6 Å². The highest BCUT2D eigenvalue weighted by atomic mass is 19.2. The molecule has 0 aliphatic rings. The summed E-state index contributed by atoms with van der Waals surface area (Å²) in [6.07, 6.45) is 4.92. The lowest BCUT2D eigenvalue weighted by molar-refractivity contribution is 0.0940. The molecule has 2 aromatic heterocycles. The van der Waals surface area contributed by atoms with Crippen LogP contribution in [0.1, 0.15) is 28.9 Å². The lowest BCUT2D eigenvalue weighted by Crippen LogP contribution is -2.27. The van der Waals surface area contributed by atoms with E-state index >= 15 is 0 Å². The third-order valence-electron chi connectivity index (χ3n) is 4.71. The van der Waals surface area contributed by atoms with Crippen LogP contribution in [0.25, 0.3) is 16.9 Å². The molecule has 0 saturated carbocycles. The highest BCUT2D eigenvalue weighted by molar-refractivity contribution is 6.00. The molecule has 2 heterocycles. The largest absolute Gasteiger partial charge is 0.345 e. The van der Waals surface area contributed by atoms with Gasteiger partial charge in [0.1, 0.15) is 5.69 Å². The van der Waals surface area contributed by atoms with Gasteiger partial charge in [-0.1, -0.05) is 24.3 Å². The summed E-state index contributed by atoms with van der Waals surface area (Å²) in [4.78, 5) is 17.2. The van der Waals surface area contributed by atoms with E-state index < -0.39 is 17.7 Å². The molecule has 0 aliphatic carbocycles. The predicted molar refractivity (Wildman–Crippen MR) is 109 cm³/mol. The molecular formula is C23H18F2N4O. The molecular weight excluding hydrogens is 386 g/mol. The van der Waals surface area contributed by atoms with E-state index in [-0.39, 0.29) is 5.91 Å². The van der Waals surface area contributed by atoms with Crippen LogP contribution >= 0.6 is 0 Å². The fourth-order valence-electron chi connectivity index (χ4n) is 3.11. The van der Waals surface area contributed by atoms with Crippen molar-refractivity contribution in [1.82, 2.24) is 20.1 Å². The van der Waals surface area contributed by atoms with E-state index in [1.165, 1.54) is 6.07 Å². The summed E-state index contributed by atoms with van der Waals surface area (Å²) < 4.78 is 28.4. The van der Waals surface area contributed by atoms with Gasteiger partial charge in [-0.05, 0) is 48.9 Å². The Morgan fingerprint density at radius 2 is 1.83 bits per heavy atom. The molecule has 4 rings (SSSR count). The summed E-state index contributed by atoms with van der Waals surface area (Å²) in [5, 5.41) is 7.42. The number of rotatable bonds is 5. The van der Waals surface area contributed by atoms with Gasteiger partial charge in [0.25, 0.3) is 5.91 Å². The number of halogens is 2. The zero-order chi connectivity index (χ0) is 21.1. The number of amides is 1. The van der Waals surface area contributed by atoms with Gasteiger partial charge in [-0.25, -0.2) is 13.5 Å². The van der Waals surface area contributed by atoms with E-state index in [2.05, 4.69) is 15.4 Å². The average Bonchev–Trinajstić information content (AvgIpc) is 3.22. The number of aromatic nitrogens is 3. The first kappa shape index (κ1) is 19.4. The van der Waals surface area contributed by atoms with Gasteiger partial charge in [0, 0.05) is 24.2 Å². The second-order valence-electron chi connectivity index (χ2n) is 6.78. The smallest absolute Gasteiger partial charge is 0.255 e. The maximum Gasteiger partial charge on any atom is 0.255 e. The number of nitrogens with zero attached hydrogens (tertiary/aromatic N) is 3. The third-order valence-corrected chi connectivity index (χ3v) is 4.71. The Hall–Kier alpha value is -3.87. The molecule has 0 spiro atoms. The fraction of sp³-hybridized carbons (Fsp3) is 0.0870. The number of carbonyl (C=O) groups is 1. The SMILES string of the molecule is C[C@@H](NC(=O)c1cn(-c2ccccc2)nc1-c1cccnc1)c1ccc(F)c(F)c1. The van der Waals surface area contributed by atoms with Crippen molar-refractivity contribution in [1.29, 1.82) is 0 Å². The molecule has 1 atom stereocenters. The van der Waals surface area contributed by atoms with Crippen molar-refractivity contribution in [2.24, 2.45) is 0 Å². The molecule has 0 bridgehead atoms. The lowest BCUT2D eigenvalue weighted by Gasteiger charge is -2.14. The van der Waals surface area contributed by atoms with Gasteiger partial charge in [-0.2, -0.15) is 5.10 Å². The van der Waals surface area contributed by atoms with Gasteiger partial charge in [0.15, 0.2) is 11.6 Å². The molecule has 0 fully saturated rings. The summed E-state index contributed by atoms with van der Waals surface area (Å²) in [7, 11) is 0. The van der Waals surface area contributed by atoms with Crippen molar-refractivity contribution >= 4 is 5.91 Å². The van der Waals surface area contributed by atoms with Crippen LogP contribution in [0.3, 0.4) is 0 Å². The van der Waals surface area contributed by atoms with Gasteiger partial charge in [-0.3, -0.25) is 9.78 Å². The second-order valence-corrected chi connectivity index (χ2v) is 6.78. The summed E-state index contributed by atoms with van der Waals surface area (Å²) in [5.74, 6) is -2.27. The van der Waals surface area contributed by atoms with Crippen molar-refractivity contribution in [3.63, 3.8) is 0 Å². The van der Waals surface area contributed by atoms with Crippen molar-refractivity contribution in [2.75, 3.05) is 0 Å². The first-order chi connectivity index (χ1) is 14.5. The van der Waals surface area contributed by atoms with Gasteiger partial charge < -0.3 is 5.32 Å². The molecule has 0 radical (unpaired) electrons. The van der Waals surface area contributed by atoms with Crippen LogP contribution in [-0.2, 0) is 0 Å². The topological polar surface area (TPSA) is 59.8 Å². The van der Waals surface area contributed by atoms with Crippen LogP contribution in [-0.4, -0.2) is 20.7 Å². The number of nitrogens with one attached hydrogen (secondary N) is 1. The molecule has 5 nitrogen and oxygen atoms in total. The molecule has 2 aromatic carbocycles. The van der Waals surface area contributed by atoms with Crippen LogP contribution in [0.4, 0.5) is 8.78 Å². The lowest BCUT2D eigenvalue weighted by atomic mass is 10.1. The standard InChI is InChI=1S/C23H18F2N4O/c1-15(16-9-10-20(24)21(25)12-16)27-23(30)19-14-29(18-7-3-2-4-8-18)28-22(19)17-6-5-11-26-13-17/h2-15H,1H3,(H,27,30)/t15-/m1/s1. The molecule has 0 saturated heterocycles. The second kappa shape index (κ2) is 8.24. The summed E-state index contributed by atoms with van der Waals surface area (Å²) in [6, 6.07) is 16.0. The van der Waals surface area contributed by atoms with Gasteiger partial charge >= 0.3 is 0 Å². The van der Waals surface area contributed by atoms with E-state index in [1.807, 2.05) is 36.4 Å². The molecule has 4 aromatic rings. The molecule has 30 heavy (non-hydrogen) atoms. The summed E-state index contributed by atoms with van der Waals surface area (Å²) in [5.41, 5.74) is 2.78. The molecule has 150 valence electrons. The Labute approximate surface area is 172 Å². The van der Waals surface area contributed by atoms with E-state index in [9.17, 15) is 13.6 Å². The van der Waals surface area contributed by atoms with E-state index in [0.717, 1.165) is 17.8 Å². The van der Waals surface area contributed by atoms with Gasteiger partial charge in [0.05, 0.1) is 17.3 Å². The maximum absolute atomic E-state index is 13.6. The van der Waals surface area contributed by atoms with Gasteiger partial charge in [0.2, 0.25) is 0 Å². The number of carbonyl (C=O) groups excluding carboxylic acids is 1. The predicted octanol–water partition coefficient (Wildman–Crippen LogP) is 4.70. The average molecular weight is 404 g/mol. The summed E-state index contributed by atoms with van der Waals surface area (Å²) in [6.45, 7) is 1.70. The molecule has 0 aliphatic heterocycles. The number of benzene rings is 2. The van der Waals surface area contributed by atoms with Crippen molar-refractivity contribution in [3.8, 4) is 16.9 Å². The maximum atomic E-state index is 13.6. The van der Waals surface area contributed by atoms with Crippen LogP contribution in [0.5, 0.6) is 0 Å². The number of para-hydroxylation sites is 1. The zero-order valence-corrected chi connectivity index (χ0v) is 16.1. The van der Waals surface area contributed by atoms with E-state index in [0.29, 0.717) is 22.4 Å². The Bertz CT molecular complexity index is 1180. The first-order valence-electron chi connectivity index (χ1n) is 9.34. The molecule has 0 unspecified atom stereocenters. The number of pyridine rings is 1. The van der Waals surface area contributed by atoms with Crippen LogP contribution < -0.4 is 5.32 Å². The van der Waals surface area contributed by atoms with Crippen molar-refractivity contribution in [3.05, 3.63) is 102 Å². The highest BCUT2D eigenvalue weighted by Crippen LogP contribution is 2.24. The van der Waals surface area contributed by atoms with Crippen LogP contribution in [0.15, 0.2) is 79.3 Å². The third kappa shape index (κ3) is 3.96. The minimum Gasteiger partial charge on any atom is -0.345 e. The minimum atomic E-state index is -0.957. The van der Waals surface area contributed by atoms with E-state index in [1.54, 1.807) is 36.3 Å². The van der Waals surface area contributed by atoms with E-state index in [4.69, 9.17) is 0 Å². The number of hydrogen-bond donors (Lipinski definition) is 1. The Balaban J connectivity index is 1.68. The van der Waals surface area contributed by atoms with Crippen LogP contribution in [0, 0.1) is 11.6 Å². The monoisotopic (exact) mass is 404 g/mol. The Kier molecular flexibility index (Phi) is 5.34. The van der Waals surface area contributed by atoms with Crippen molar-refractivity contribution in [2.45, 2.75) is 13.0 Å². The molecule has 1 N–H and O–H groups in total. The van der Waals surface area contributed by atoms with Gasteiger partial charge in [-0.15, -0.1) is 0 Å². The van der Waals surface area contributed by atoms with Crippen LogP contribution in [0.2, 0.25) is 0 Å². The molecule has 7 heteroatoms. The summed E-state index contributed by atoms with van der Waals surface area (Å²) >= 11 is 0.